The molecule has 0 saturated carbocycles. The summed E-state index contributed by atoms with van der Waals surface area (Å²) < 4.78 is 24.0. The fraction of sp³-hybridized carbons (Fsp3) is 0.235. The molecule has 5 nitrogen and oxygen atoms in total. The van der Waals surface area contributed by atoms with Crippen LogP contribution < -0.4 is 20.1 Å². The number of hydrogen-bond acceptors (Lipinski definition) is 4. The van der Waals surface area contributed by atoms with E-state index in [4.69, 9.17) is 21.1 Å². The molecule has 2 N–H and O–H groups in total. The van der Waals surface area contributed by atoms with Gasteiger partial charge in [0.05, 0.1) is 30.6 Å². The minimum absolute atomic E-state index is 0.121. The van der Waals surface area contributed by atoms with E-state index in [1.54, 1.807) is 31.2 Å². The van der Waals surface area contributed by atoms with Gasteiger partial charge in [0.2, 0.25) is 5.91 Å². The number of ether oxygens (including phenoxy) is 2. The van der Waals surface area contributed by atoms with E-state index in [1.165, 1.54) is 26.4 Å². The number of rotatable bonds is 6. The molecule has 1 amide bonds. The van der Waals surface area contributed by atoms with Gasteiger partial charge in [-0.2, -0.15) is 0 Å². The summed E-state index contributed by atoms with van der Waals surface area (Å²) in [6, 6.07) is 8.53. The van der Waals surface area contributed by atoms with Crippen molar-refractivity contribution in [2.45, 2.75) is 13.0 Å². The number of nitrogens with one attached hydrogen (secondary N) is 2. The second kappa shape index (κ2) is 7.88. The van der Waals surface area contributed by atoms with Crippen LogP contribution in [0.25, 0.3) is 0 Å². The fourth-order valence-electron chi connectivity index (χ4n) is 2.08. The second-order valence-electron chi connectivity index (χ2n) is 5.02. The molecule has 1 unspecified atom stereocenters. The largest absolute Gasteiger partial charge is 0.495 e. The lowest BCUT2D eigenvalue weighted by atomic mass is 10.2. The van der Waals surface area contributed by atoms with Gasteiger partial charge >= 0.3 is 0 Å². The summed E-state index contributed by atoms with van der Waals surface area (Å²) in [4.78, 5) is 12.2. The van der Waals surface area contributed by atoms with Crippen molar-refractivity contribution in [1.29, 1.82) is 0 Å². The Bertz CT molecular complexity index is 740. The van der Waals surface area contributed by atoms with E-state index < -0.39 is 17.8 Å². The Hall–Kier alpha value is -2.47. The van der Waals surface area contributed by atoms with Gasteiger partial charge in [0.15, 0.2) is 0 Å². The van der Waals surface area contributed by atoms with E-state index in [2.05, 4.69) is 10.6 Å². The number of amides is 1. The van der Waals surface area contributed by atoms with E-state index in [0.717, 1.165) is 0 Å². The van der Waals surface area contributed by atoms with Gasteiger partial charge in [-0.15, -0.1) is 0 Å². The summed E-state index contributed by atoms with van der Waals surface area (Å²) in [6.07, 6.45) is 0. The average Bonchev–Trinajstić information content (AvgIpc) is 2.57. The number of anilines is 2. The van der Waals surface area contributed by atoms with Crippen molar-refractivity contribution in [3.63, 3.8) is 0 Å². The summed E-state index contributed by atoms with van der Waals surface area (Å²) in [6.45, 7) is 1.65. The Morgan fingerprint density at radius 2 is 1.79 bits per heavy atom. The highest BCUT2D eigenvalue weighted by Crippen LogP contribution is 2.36. The Kier molecular flexibility index (Phi) is 5.87. The highest BCUT2D eigenvalue weighted by molar-refractivity contribution is 6.32. The van der Waals surface area contributed by atoms with Crippen LogP contribution in [-0.2, 0) is 4.79 Å². The molecular weight excluding hydrogens is 335 g/mol. The molecule has 0 aliphatic heterocycles. The first-order chi connectivity index (χ1) is 11.5. The van der Waals surface area contributed by atoms with Gasteiger partial charge < -0.3 is 20.1 Å². The van der Waals surface area contributed by atoms with Gasteiger partial charge in [0.25, 0.3) is 0 Å². The number of hydrogen-bond donors (Lipinski definition) is 2. The summed E-state index contributed by atoms with van der Waals surface area (Å²) >= 11 is 6.10. The van der Waals surface area contributed by atoms with Crippen LogP contribution in [0.1, 0.15) is 6.92 Å². The van der Waals surface area contributed by atoms with Gasteiger partial charge in [-0.3, -0.25) is 4.79 Å². The molecule has 0 radical (unpaired) electrons. The van der Waals surface area contributed by atoms with E-state index in [-0.39, 0.29) is 5.69 Å². The predicted octanol–water partition coefficient (Wildman–Crippen LogP) is 3.94. The predicted molar refractivity (Wildman–Crippen MR) is 92.7 cm³/mol. The third-order valence-corrected chi connectivity index (χ3v) is 3.67. The maximum absolute atomic E-state index is 13.6. The molecule has 0 aromatic heterocycles. The summed E-state index contributed by atoms with van der Waals surface area (Å²) in [5.74, 6) is 0.0431. The van der Waals surface area contributed by atoms with E-state index in [0.29, 0.717) is 22.2 Å². The molecule has 2 aromatic rings. The lowest BCUT2D eigenvalue weighted by molar-refractivity contribution is -0.116. The van der Waals surface area contributed by atoms with Crippen molar-refractivity contribution in [3.05, 3.63) is 47.2 Å². The first-order valence-electron chi connectivity index (χ1n) is 7.19. The third kappa shape index (κ3) is 4.08. The van der Waals surface area contributed by atoms with E-state index in [9.17, 15) is 9.18 Å². The molecule has 0 spiro atoms. The normalized spacial score (nSPS) is 11.5. The van der Waals surface area contributed by atoms with Crippen LogP contribution in [0.2, 0.25) is 5.02 Å². The van der Waals surface area contributed by atoms with Crippen molar-refractivity contribution in [2.75, 3.05) is 24.9 Å². The summed E-state index contributed by atoms with van der Waals surface area (Å²) in [5.41, 5.74) is 0.648. The molecule has 0 heterocycles. The van der Waals surface area contributed by atoms with Gasteiger partial charge in [-0.25, -0.2) is 4.39 Å². The minimum Gasteiger partial charge on any atom is -0.495 e. The van der Waals surface area contributed by atoms with Crippen LogP contribution >= 0.6 is 11.6 Å². The molecule has 0 aliphatic carbocycles. The SMILES string of the molecule is COc1cc(OC)c(NC(C)C(=O)Nc2ccccc2F)cc1Cl. The minimum atomic E-state index is -0.650. The van der Waals surface area contributed by atoms with Crippen LogP contribution in [0, 0.1) is 5.82 Å². The number of halogens is 2. The van der Waals surface area contributed by atoms with Crippen LogP contribution in [-0.4, -0.2) is 26.2 Å². The van der Waals surface area contributed by atoms with Crippen molar-refractivity contribution in [1.82, 2.24) is 0 Å². The lowest BCUT2D eigenvalue weighted by Gasteiger charge is -2.18. The smallest absolute Gasteiger partial charge is 0.246 e. The standard InChI is InChI=1S/C17H18ClFN2O3/c1-10(17(22)21-13-7-5-4-6-12(13)19)20-14-8-11(18)15(23-2)9-16(14)24-3/h4-10,20H,1-3H3,(H,21,22). The van der Waals surface area contributed by atoms with Crippen molar-refractivity contribution in [2.24, 2.45) is 0 Å². The molecule has 0 saturated heterocycles. The van der Waals surface area contributed by atoms with Crippen LogP contribution in [0.3, 0.4) is 0 Å². The average molecular weight is 353 g/mol. The number of para-hydroxylation sites is 1. The zero-order chi connectivity index (χ0) is 17.7. The van der Waals surface area contributed by atoms with Crippen LogP contribution in [0.4, 0.5) is 15.8 Å². The van der Waals surface area contributed by atoms with Gasteiger partial charge in [0.1, 0.15) is 23.4 Å². The zero-order valence-corrected chi connectivity index (χ0v) is 14.3. The number of carbonyl (C=O) groups excluding carboxylic acids is 1. The molecule has 1 atom stereocenters. The highest BCUT2D eigenvalue weighted by Gasteiger charge is 2.18. The maximum atomic E-state index is 13.6. The molecule has 128 valence electrons. The zero-order valence-electron chi connectivity index (χ0n) is 13.5. The second-order valence-corrected chi connectivity index (χ2v) is 5.43. The molecule has 0 fully saturated rings. The first-order valence-corrected chi connectivity index (χ1v) is 7.57. The van der Waals surface area contributed by atoms with Crippen molar-refractivity contribution < 1.29 is 18.7 Å². The summed E-state index contributed by atoms with van der Waals surface area (Å²) in [5, 5.41) is 5.90. The monoisotopic (exact) mass is 352 g/mol. The Balaban J connectivity index is 2.14. The number of methoxy groups -OCH3 is 2. The van der Waals surface area contributed by atoms with Crippen molar-refractivity contribution in [3.8, 4) is 11.5 Å². The summed E-state index contributed by atoms with van der Waals surface area (Å²) in [7, 11) is 3.00. The number of carbonyl (C=O) groups is 1. The molecule has 0 bridgehead atoms. The number of benzene rings is 2. The molecular formula is C17H18ClFN2O3. The van der Waals surface area contributed by atoms with E-state index >= 15 is 0 Å². The Morgan fingerprint density at radius 1 is 1.12 bits per heavy atom. The fourth-order valence-corrected chi connectivity index (χ4v) is 2.32. The highest BCUT2D eigenvalue weighted by atomic mass is 35.5. The molecule has 2 rings (SSSR count). The third-order valence-electron chi connectivity index (χ3n) is 3.37. The molecule has 7 heteroatoms. The van der Waals surface area contributed by atoms with Crippen LogP contribution in [0.15, 0.2) is 36.4 Å². The molecule has 2 aromatic carbocycles. The molecule has 24 heavy (non-hydrogen) atoms. The van der Waals surface area contributed by atoms with Crippen LogP contribution in [0.5, 0.6) is 11.5 Å². The maximum Gasteiger partial charge on any atom is 0.246 e. The van der Waals surface area contributed by atoms with E-state index in [1.807, 2.05) is 0 Å². The molecule has 0 aliphatic rings. The van der Waals surface area contributed by atoms with Gasteiger partial charge in [-0.1, -0.05) is 23.7 Å². The van der Waals surface area contributed by atoms with Crippen molar-refractivity contribution >= 4 is 28.9 Å². The Labute approximate surface area is 144 Å². The quantitative estimate of drug-likeness (QED) is 0.826. The lowest BCUT2D eigenvalue weighted by Crippen LogP contribution is -2.32. The first kappa shape index (κ1) is 17.9. The van der Waals surface area contributed by atoms with Gasteiger partial charge in [0, 0.05) is 6.07 Å². The van der Waals surface area contributed by atoms with Gasteiger partial charge in [-0.05, 0) is 25.1 Å². The Morgan fingerprint density at radius 3 is 2.42 bits per heavy atom. The topological polar surface area (TPSA) is 59.6 Å².